The van der Waals surface area contributed by atoms with E-state index in [4.69, 9.17) is 14.0 Å². The first-order valence-corrected chi connectivity index (χ1v) is 9.33. The number of hydrogen-bond donors (Lipinski definition) is 2. The molecule has 0 saturated heterocycles. The summed E-state index contributed by atoms with van der Waals surface area (Å²) in [6.07, 6.45) is 0.418. The lowest BCUT2D eigenvalue weighted by Gasteiger charge is -2.07. The Morgan fingerprint density at radius 3 is 2.37 bits per heavy atom. The van der Waals surface area contributed by atoms with E-state index in [2.05, 4.69) is 15.8 Å². The molecule has 2 N–H and O–H groups in total. The van der Waals surface area contributed by atoms with Crippen LogP contribution in [0.3, 0.4) is 0 Å². The number of nitrogens with zero attached hydrogens (tertiary/aromatic N) is 1. The molecule has 0 atom stereocenters. The van der Waals surface area contributed by atoms with Crippen LogP contribution >= 0.6 is 0 Å². The molecule has 1 aromatic heterocycles. The summed E-state index contributed by atoms with van der Waals surface area (Å²) in [5.41, 5.74) is 0.853. The predicted octanol–water partition coefficient (Wildman–Crippen LogP) is 2.45. The first-order chi connectivity index (χ1) is 14.4. The van der Waals surface area contributed by atoms with Crippen LogP contribution in [0.1, 0.15) is 42.3 Å². The Morgan fingerprint density at radius 2 is 1.73 bits per heavy atom. The van der Waals surface area contributed by atoms with Crippen LogP contribution in [0.4, 0.5) is 11.5 Å². The van der Waals surface area contributed by atoms with Crippen molar-refractivity contribution in [3.05, 3.63) is 41.7 Å². The molecular weight excluding hydrogens is 394 g/mol. The van der Waals surface area contributed by atoms with E-state index < -0.39 is 30.4 Å². The molecule has 1 heterocycles. The number of aryl methyl sites for hydroxylation is 1. The monoisotopic (exact) mass is 417 g/mol. The molecule has 0 aliphatic heterocycles. The quantitative estimate of drug-likeness (QED) is 0.563. The third-order valence-corrected chi connectivity index (χ3v) is 3.66. The molecule has 1 aromatic carbocycles. The van der Waals surface area contributed by atoms with Crippen molar-refractivity contribution in [1.29, 1.82) is 0 Å². The summed E-state index contributed by atoms with van der Waals surface area (Å²) in [5, 5.41) is 8.60. The maximum atomic E-state index is 12.0. The Kier molecular flexibility index (Phi) is 8.55. The summed E-state index contributed by atoms with van der Waals surface area (Å²) in [5.74, 6) is -1.35. The fourth-order valence-corrected chi connectivity index (χ4v) is 2.23. The highest BCUT2D eigenvalue weighted by molar-refractivity contribution is 5.95. The Balaban J connectivity index is 1.67. The van der Waals surface area contributed by atoms with E-state index in [0.717, 1.165) is 6.42 Å². The number of esters is 2. The normalized spacial score (nSPS) is 10.2. The van der Waals surface area contributed by atoms with Crippen molar-refractivity contribution >= 4 is 35.3 Å². The van der Waals surface area contributed by atoms with E-state index >= 15 is 0 Å². The molecule has 0 saturated carbocycles. The van der Waals surface area contributed by atoms with Gasteiger partial charge in [0.15, 0.2) is 12.4 Å². The van der Waals surface area contributed by atoms with E-state index in [1.54, 1.807) is 19.1 Å². The Morgan fingerprint density at radius 1 is 1.00 bits per heavy atom. The second kappa shape index (κ2) is 11.3. The van der Waals surface area contributed by atoms with E-state index in [-0.39, 0.29) is 18.7 Å². The number of anilines is 2. The second-order valence-corrected chi connectivity index (χ2v) is 6.29. The number of ether oxygens (including phenoxy) is 2. The van der Waals surface area contributed by atoms with Gasteiger partial charge in [0.05, 0.1) is 18.6 Å². The SMILES string of the molecule is CCCOC(=O)c1ccc(NC(=O)CCC(=O)OCC(=O)Nc2cc(C)on2)cc1. The summed E-state index contributed by atoms with van der Waals surface area (Å²) in [7, 11) is 0. The lowest BCUT2D eigenvalue weighted by Crippen LogP contribution is -2.22. The van der Waals surface area contributed by atoms with E-state index in [1.165, 1.54) is 18.2 Å². The number of nitrogens with one attached hydrogen (secondary N) is 2. The van der Waals surface area contributed by atoms with Crippen molar-refractivity contribution < 1.29 is 33.2 Å². The van der Waals surface area contributed by atoms with Crippen LogP contribution in [-0.4, -0.2) is 42.1 Å². The van der Waals surface area contributed by atoms with Gasteiger partial charge in [-0.25, -0.2) is 4.79 Å². The number of hydrogen-bond acceptors (Lipinski definition) is 8. The largest absolute Gasteiger partial charge is 0.462 e. The van der Waals surface area contributed by atoms with Gasteiger partial charge in [-0.3, -0.25) is 14.4 Å². The molecule has 0 fully saturated rings. The highest BCUT2D eigenvalue weighted by Gasteiger charge is 2.12. The van der Waals surface area contributed by atoms with Gasteiger partial charge < -0.3 is 24.6 Å². The molecule has 160 valence electrons. The van der Waals surface area contributed by atoms with Crippen molar-refractivity contribution in [3.8, 4) is 0 Å². The van der Waals surface area contributed by atoms with Crippen molar-refractivity contribution in [3.63, 3.8) is 0 Å². The summed E-state index contributed by atoms with van der Waals surface area (Å²) in [6, 6.07) is 7.72. The Labute approximate surface area is 172 Å². The maximum Gasteiger partial charge on any atom is 0.338 e. The van der Waals surface area contributed by atoms with E-state index in [0.29, 0.717) is 23.6 Å². The zero-order valence-corrected chi connectivity index (χ0v) is 16.7. The van der Waals surface area contributed by atoms with Crippen LogP contribution in [0.2, 0.25) is 0 Å². The first kappa shape index (κ1) is 22.6. The number of amides is 2. The number of aromatic nitrogens is 1. The Hall–Kier alpha value is -3.69. The smallest absolute Gasteiger partial charge is 0.338 e. The molecule has 10 heteroatoms. The minimum atomic E-state index is -0.689. The zero-order valence-electron chi connectivity index (χ0n) is 16.7. The topological polar surface area (TPSA) is 137 Å². The van der Waals surface area contributed by atoms with Crippen molar-refractivity contribution in [2.24, 2.45) is 0 Å². The Bertz CT molecular complexity index is 890. The molecule has 0 aliphatic rings. The third kappa shape index (κ3) is 7.74. The van der Waals surface area contributed by atoms with Crippen molar-refractivity contribution in [1.82, 2.24) is 5.16 Å². The molecule has 30 heavy (non-hydrogen) atoms. The third-order valence-electron chi connectivity index (χ3n) is 3.66. The highest BCUT2D eigenvalue weighted by Crippen LogP contribution is 2.12. The molecule has 2 amide bonds. The van der Waals surface area contributed by atoms with Crippen LogP contribution in [0.15, 0.2) is 34.9 Å². The van der Waals surface area contributed by atoms with E-state index in [9.17, 15) is 19.2 Å². The average molecular weight is 417 g/mol. The molecule has 10 nitrogen and oxygen atoms in total. The van der Waals surface area contributed by atoms with Gasteiger partial charge in [0.1, 0.15) is 5.76 Å². The van der Waals surface area contributed by atoms with Crippen molar-refractivity contribution in [2.75, 3.05) is 23.8 Å². The minimum Gasteiger partial charge on any atom is -0.462 e. The highest BCUT2D eigenvalue weighted by atomic mass is 16.5. The van der Waals surface area contributed by atoms with Gasteiger partial charge in [-0.15, -0.1) is 0 Å². The molecule has 0 spiro atoms. The summed E-state index contributed by atoms with van der Waals surface area (Å²) in [4.78, 5) is 47.0. The van der Waals surface area contributed by atoms with Gasteiger partial charge in [0, 0.05) is 18.2 Å². The number of carbonyl (C=O) groups is 4. The average Bonchev–Trinajstić information content (AvgIpc) is 3.14. The van der Waals surface area contributed by atoms with Crippen LogP contribution in [0, 0.1) is 6.92 Å². The summed E-state index contributed by atoms with van der Waals surface area (Å²) < 4.78 is 14.6. The van der Waals surface area contributed by atoms with Crippen LogP contribution in [-0.2, 0) is 23.9 Å². The zero-order chi connectivity index (χ0) is 21.9. The van der Waals surface area contributed by atoms with Crippen LogP contribution in [0.25, 0.3) is 0 Å². The van der Waals surface area contributed by atoms with Gasteiger partial charge in [0.25, 0.3) is 5.91 Å². The summed E-state index contributed by atoms with van der Waals surface area (Å²) in [6.45, 7) is 3.41. The van der Waals surface area contributed by atoms with Gasteiger partial charge in [-0.2, -0.15) is 0 Å². The van der Waals surface area contributed by atoms with Gasteiger partial charge in [-0.1, -0.05) is 12.1 Å². The molecule has 0 unspecified atom stereocenters. The maximum absolute atomic E-state index is 12.0. The van der Waals surface area contributed by atoms with Crippen LogP contribution in [0.5, 0.6) is 0 Å². The van der Waals surface area contributed by atoms with Gasteiger partial charge in [-0.05, 0) is 37.6 Å². The summed E-state index contributed by atoms with van der Waals surface area (Å²) >= 11 is 0. The lowest BCUT2D eigenvalue weighted by molar-refractivity contribution is -0.147. The predicted molar refractivity (Wildman–Crippen MR) is 106 cm³/mol. The fraction of sp³-hybridized carbons (Fsp3) is 0.350. The number of benzene rings is 1. The molecule has 2 aromatic rings. The standard InChI is InChI=1S/C20H23N3O7/c1-3-10-28-20(27)14-4-6-15(7-5-14)21-17(24)8-9-19(26)29-12-18(25)22-16-11-13(2)30-23-16/h4-7,11H,3,8-10,12H2,1-2H3,(H,21,24)(H,22,23,25). The van der Waals surface area contributed by atoms with Gasteiger partial charge in [0.2, 0.25) is 5.91 Å². The van der Waals surface area contributed by atoms with Gasteiger partial charge >= 0.3 is 11.9 Å². The molecular formula is C20H23N3O7. The molecule has 0 bridgehead atoms. The van der Waals surface area contributed by atoms with Crippen LogP contribution < -0.4 is 10.6 Å². The molecule has 2 rings (SSSR count). The minimum absolute atomic E-state index is 0.122. The number of carbonyl (C=O) groups excluding carboxylic acids is 4. The number of rotatable bonds is 10. The fourth-order valence-electron chi connectivity index (χ4n) is 2.23. The van der Waals surface area contributed by atoms with E-state index in [1.807, 2.05) is 6.92 Å². The molecule has 0 radical (unpaired) electrons. The second-order valence-electron chi connectivity index (χ2n) is 6.29. The van der Waals surface area contributed by atoms with Crippen molar-refractivity contribution in [2.45, 2.75) is 33.1 Å². The first-order valence-electron chi connectivity index (χ1n) is 9.33. The molecule has 0 aliphatic carbocycles. The lowest BCUT2D eigenvalue weighted by atomic mass is 10.2.